The van der Waals surface area contributed by atoms with Crippen LogP contribution in [0, 0.1) is 0 Å². The van der Waals surface area contributed by atoms with E-state index in [4.69, 9.17) is 18.9 Å². The van der Waals surface area contributed by atoms with Crippen LogP contribution in [0.2, 0.25) is 0 Å². The zero-order valence-electron chi connectivity index (χ0n) is 18.7. The summed E-state index contributed by atoms with van der Waals surface area (Å²) in [5, 5.41) is 0. The maximum Gasteiger partial charge on any atom is 0.123 e. The Kier molecular flexibility index (Phi) is 8.99. The Labute approximate surface area is 176 Å². The van der Waals surface area contributed by atoms with Crippen molar-refractivity contribution in [1.82, 2.24) is 0 Å². The topological polar surface area (TPSA) is 36.9 Å². The lowest BCUT2D eigenvalue weighted by molar-refractivity contribution is 0.0392. The summed E-state index contributed by atoms with van der Waals surface area (Å²) in [7, 11) is 0. The second-order valence-corrected chi connectivity index (χ2v) is 7.77. The summed E-state index contributed by atoms with van der Waals surface area (Å²) in [6.45, 7) is 14.9. The van der Waals surface area contributed by atoms with Gasteiger partial charge in [0.15, 0.2) is 0 Å². The molecule has 0 bridgehead atoms. The van der Waals surface area contributed by atoms with E-state index in [0.29, 0.717) is 26.4 Å². The van der Waals surface area contributed by atoms with Gasteiger partial charge in [0.05, 0.1) is 12.2 Å². The number of hydrogen-bond acceptors (Lipinski definition) is 4. The molecule has 0 radical (unpaired) electrons. The van der Waals surface area contributed by atoms with Crippen LogP contribution in [0.4, 0.5) is 0 Å². The van der Waals surface area contributed by atoms with E-state index in [1.54, 1.807) is 0 Å². The third kappa shape index (κ3) is 6.48. The first kappa shape index (κ1) is 23.2. The fourth-order valence-electron chi connectivity index (χ4n) is 3.44. The van der Waals surface area contributed by atoms with Gasteiger partial charge in [0.1, 0.15) is 24.7 Å². The van der Waals surface area contributed by atoms with Crippen LogP contribution in [-0.4, -0.2) is 38.6 Å². The van der Waals surface area contributed by atoms with Gasteiger partial charge < -0.3 is 18.9 Å². The standard InChI is InChI=1S/C25H36O4/c1-7-26-19(3)17-28-23-15-11-9-13-21(23)25(5,6)22-14-10-12-16-24(22)29-18-20(4)27-8-2/h9-16,19-20H,7-8,17-18H2,1-6H3. The van der Waals surface area contributed by atoms with Crippen LogP contribution in [0.15, 0.2) is 48.5 Å². The average molecular weight is 401 g/mol. The third-order valence-corrected chi connectivity index (χ3v) is 4.97. The van der Waals surface area contributed by atoms with Crippen molar-refractivity contribution in [2.45, 2.75) is 59.2 Å². The molecule has 0 heterocycles. The highest BCUT2D eigenvalue weighted by molar-refractivity contribution is 5.50. The summed E-state index contributed by atoms with van der Waals surface area (Å²) < 4.78 is 23.5. The van der Waals surface area contributed by atoms with Crippen LogP contribution >= 0.6 is 0 Å². The quantitative estimate of drug-likeness (QED) is 0.463. The molecular weight excluding hydrogens is 364 g/mol. The highest BCUT2D eigenvalue weighted by Crippen LogP contribution is 2.41. The van der Waals surface area contributed by atoms with E-state index >= 15 is 0 Å². The normalized spacial score (nSPS) is 13.7. The molecule has 160 valence electrons. The van der Waals surface area contributed by atoms with E-state index in [-0.39, 0.29) is 17.6 Å². The van der Waals surface area contributed by atoms with Crippen molar-refractivity contribution in [2.75, 3.05) is 26.4 Å². The maximum atomic E-state index is 6.14. The van der Waals surface area contributed by atoms with Gasteiger partial charge in [-0.05, 0) is 39.8 Å². The van der Waals surface area contributed by atoms with E-state index in [0.717, 1.165) is 22.6 Å². The Balaban J connectivity index is 2.27. The molecule has 0 aliphatic rings. The molecule has 0 aromatic heterocycles. The monoisotopic (exact) mass is 400 g/mol. The predicted molar refractivity (Wildman–Crippen MR) is 118 cm³/mol. The van der Waals surface area contributed by atoms with E-state index in [1.165, 1.54) is 0 Å². The fourth-order valence-corrected chi connectivity index (χ4v) is 3.44. The average Bonchev–Trinajstić information content (AvgIpc) is 2.71. The zero-order valence-corrected chi connectivity index (χ0v) is 18.7. The minimum Gasteiger partial charge on any atom is -0.491 e. The van der Waals surface area contributed by atoms with Crippen molar-refractivity contribution in [3.05, 3.63) is 59.7 Å². The van der Waals surface area contributed by atoms with E-state index in [1.807, 2.05) is 52.0 Å². The molecule has 4 nitrogen and oxygen atoms in total. The van der Waals surface area contributed by atoms with Crippen molar-refractivity contribution >= 4 is 0 Å². The summed E-state index contributed by atoms with van der Waals surface area (Å²) >= 11 is 0. The van der Waals surface area contributed by atoms with Crippen LogP contribution in [0.25, 0.3) is 0 Å². The highest BCUT2D eigenvalue weighted by atomic mass is 16.5. The molecular formula is C25H36O4. The van der Waals surface area contributed by atoms with E-state index < -0.39 is 0 Å². The molecule has 29 heavy (non-hydrogen) atoms. The van der Waals surface area contributed by atoms with Crippen LogP contribution in [0.5, 0.6) is 11.5 Å². The van der Waals surface area contributed by atoms with Crippen molar-refractivity contribution in [1.29, 1.82) is 0 Å². The van der Waals surface area contributed by atoms with Crippen LogP contribution < -0.4 is 9.47 Å². The lowest BCUT2D eigenvalue weighted by Crippen LogP contribution is -2.24. The molecule has 0 aliphatic carbocycles. The minimum atomic E-state index is -0.295. The molecule has 4 heteroatoms. The predicted octanol–water partition coefficient (Wildman–Crippen LogP) is 5.62. The molecule has 2 atom stereocenters. The molecule has 0 fully saturated rings. The Morgan fingerprint density at radius 2 is 1.07 bits per heavy atom. The molecule has 2 unspecified atom stereocenters. The van der Waals surface area contributed by atoms with Crippen molar-refractivity contribution in [3.8, 4) is 11.5 Å². The molecule has 0 amide bonds. The number of rotatable bonds is 12. The summed E-state index contributed by atoms with van der Waals surface area (Å²) in [4.78, 5) is 0. The fraction of sp³-hybridized carbons (Fsp3) is 0.520. The van der Waals surface area contributed by atoms with Gasteiger partial charge in [0.25, 0.3) is 0 Å². The Morgan fingerprint density at radius 3 is 1.45 bits per heavy atom. The van der Waals surface area contributed by atoms with Crippen LogP contribution in [0.3, 0.4) is 0 Å². The maximum absolute atomic E-state index is 6.14. The SMILES string of the molecule is CCOC(C)COc1ccccc1C(C)(C)c1ccccc1OCC(C)OCC. The van der Waals surface area contributed by atoms with Gasteiger partial charge in [-0.25, -0.2) is 0 Å². The number of benzene rings is 2. The zero-order chi connectivity index (χ0) is 21.3. The molecule has 0 saturated carbocycles. The smallest absolute Gasteiger partial charge is 0.123 e. The van der Waals surface area contributed by atoms with Gasteiger partial charge in [-0.3, -0.25) is 0 Å². The summed E-state index contributed by atoms with van der Waals surface area (Å²) in [5.74, 6) is 1.75. The number of hydrogen-bond donors (Lipinski definition) is 0. The van der Waals surface area contributed by atoms with Gasteiger partial charge in [-0.15, -0.1) is 0 Å². The minimum absolute atomic E-state index is 0.0480. The molecule has 0 N–H and O–H groups in total. The van der Waals surface area contributed by atoms with Gasteiger partial charge in [0.2, 0.25) is 0 Å². The summed E-state index contributed by atoms with van der Waals surface area (Å²) in [5.41, 5.74) is 1.95. The van der Waals surface area contributed by atoms with Gasteiger partial charge in [0, 0.05) is 29.8 Å². The van der Waals surface area contributed by atoms with Gasteiger partial charge in [-0.1, -0.05) is 50.2 Å². The Morgan fingerprint density at radius 1 is 0.690 bits per heavy atom. The number of ether oxygens (including phenoxy) is 4. The van der Waals surface area contributed by atoms with Crippen molar-refractivity contribution < 1.29 is 18.9 Å². The summed E-state index contributed by atoms with van der Waals surface area (Å²) in [6.07, 6.45) is 0.0960. The van der Waals surface area contributed by atoms with Gasteiger partial charge in [-0.2, -0.15) is 0 Å². The third-order valence-electron chi connectivity index (χ3n) is 4.97. The highest BCUT2D eigenvalue weighted by Gasteiger charge is 2.29. The van der Waals surface area contributed by atoms with E-state index in [2.05, 4.69) is 38.1 Å². The second kappa shape index (κ2) is 11.2. The lowest BCUT2D eigenvalue weighted by Gasteiger charge is -2.30. The Hall–Kier alpha value is -2.04. The first-order chi connectivity index (χ1) is 13.9. The molecule has 2 aromatic rings. The lowest BCUT2D eigenvalue weighted by atomic mass is 9.77. The second-order valence-electron chi connectivity index (χ2n) is 7.77. The Bertz CT molecular complexity index is 680. The number of para-hydroxylation sites is 2. The molecule has 2 rings (SSSR count). The van der Waals surface area contributed by atoms with Crippen LogP contribution in [0.1, 0.15) is 52.7 Å². The van der Waals surface area contributed by atoms with E-state index in [9.17, 15) is 0 Å². The van der Waals surface area contributed by atoms with Crippen molar-refractivity contribution in [2.24, 2.45) is 0 Å². The largest absolute Gasteiger partial charge is 0.491 e. The summed E-state index contributed by atoms with van der Waals surface area (Å²) in [6, 6.07) is 16.4. The molecule has 2 aromatic carbocycles. The van der Waals surface area contributed by atoms with Crippen LogP contribution in [-0.2, 0) is 14.9 Å². The van der Waals surface area contributed by atoms with Crippen molar-refractivity contribution in [3.63, 3.8) is 0 Å². The van der Waals surface area contributed by atoms with Gasteiger partial charge >= 0.3 is 0 Å². The molecule has 0 saturated heterocycles. The molecule has 0 aliphatic heterocycles. The molecule has 0 spiro atoms. The first-order valence-corrected chi connectivity index (χ1v) is 10.6. The first-order valence-electron chi connectivity index (χ1n) is 10.6.